The Kier molecular flexibility index (Phi) is 8.24. The number of ether oxygens (including phenoxy) is 1. The van der Waals surface area contributed by atoms with Gasteiger partial charge in [0.2, 0.25) is 0 Å². The topological polar surface area (TPSA) is 50.5 Å². The fourth-order valence-electron chi connectivity index (χ4n) is 2.20. The summed E-state index contributed by atoms with van der Waals surface area (Å²) < 4.78 is 37.2. The summed E-state index contributed by atoms with van der Waals surface area (Å²) in [5.74, 6) is -1.56. The normalized spacial score (nSPS) is 11.9. The van der Waals surface area contributed by atoms with Crippen LogP contribution < -0.4 is 15.2 Å². The molecule has 0 atom stereocenters. The van der Waals surface area contributed by atoms with Crippen molar-refractivity contribution < 1.29 is 13.5 Å². The van der Waals surface area contributed by atoms with Gasteiger partial charge in [-0.25, -0.2) is 8.78 Å². The smallest absolute Gasteiger partial charge is 0.198 e. The van der Waals surface area contributed by atoms with E-state index in [1.165, 1.54) is 24.1 Å². The zero-order valence-corrected chi connectivity index (χ0v) is 16.6. The largest absolute Gasteiger partial charge is 0.451 e. The molecule has 0 aliphatic heterocycles. The number of nitrogens with two attached hydrogens (primary N) is 1. The molecule has 7 heteroatoms. The number of likely N-dealkylation sites (N-methyl/N-ethyl adjacent to an activating group) is 1. The molecule has 0 aliphatic carbocycles. The van der Waals surface area contributed by atoms with Gasteiger partial charge >= 0.3 is 0 Å². The van der Waals surface area contributed by atoms with E-state index in [9.17, 15) is 8.78 Å². The van der Waals surface area contributed by atoms with Crippen LogP contribution in [-0.2, 0) is 0 Å². The van der Waals surface area contributed by atoms with Gasteiger partial charge in [-0.05, 0) is 74.9 Å². The maximum absolute atomic E-state index is 14.3. The van der Waals surface area contributed by atoms with Crippen LogP contribution in [0.15, 0.2) is 46.9 Å². The monoisotopic (exact) mass is 393 g/mol. The van der Waals surface area contributed by atoms with Crippen molar-refractivity contribution in [1.82, 2.24) is 9.62 Å². The minimum Gasteiger partial charge on any atom is -0.451 e. The van der Waals surface area contributed by atoms with E-state index in [2.05, 4.69) is 9.62 Å². The molecule has 0 fully saturated rings. The predicted molar refractivity (Wildman–Crippen MR) is 108 cm³/mol. The number of nitrogens with zero attached hydrogens (tertiary/aromatic N) is 1. The van der Waals surface area contributed by atoms with Gasteiger partial charge in [-0.3, -0.25) is 4.72 Å². The third-order valence-corrected chi connectivity index (χ3v) is 4.51. The lowest BCUT2D eigenvalue weighted by Crippen LogP contribution is -2.22. The molecular weight excluding hydrogens is 368 g/mol. The van der Waals surface area contributed by atoms with Crippen molar-refractivity contribution in [3.63, 3.8) is 0 Å². The number of rotatable bonds is 9. The molecule has 2 aromatic rings. The summed E-state index contributed by atoms with van der Waals surface area (Å²) in [7, 11) is 4.03. The summed E-state index contributed by atoms with van der Waals surface area (Å²) in [5, 5.41) is 0. The highest BCUT2D eigenvalue weighted by Gasteiger charge is 2.13. The second-order valence-corrected chi connectivity index (χ2v) is 7.35. The van der Waals surface area contributed by atoms with Crippen LogP contribution in [-0.4, -0.2) is 38.6 Å². The van der Waals surface area contributed by atoms with Crippen molar-refractivity contribution in [1.29, 1.82) is 0 Å². The van der Waals surface area contributed by atoms with Gasteiger partial charge in [-0.2, -0.15) is 0 Å². The summed E-state index contributed by atoms with van der Waals surface area (Å²) in [6.07, 6.45) is 1.64. The van der Waals surface area contributed by atoms with Gasteiger partial charge in [0.25, 0.3) is 0 Å². The average molecular weight is 394 g/mol. The van der Waals surface area contributed by atoms with Crippen LogP contribution in [0.2, 0.25) is 0 Å². The second-order valence-electron chi connectivity index (χ2n) is 6.38. The van der Waals surface area contributed by atoms with E-state index in [0.717, 1.165) is 23.6 Å². The molecule has 0 saturated heterocycles. The maximum Gasteiger partial charge on any atom is 0.198 e. The van der Waals surface area contributed by atoms with Crippen LogP contribution in [0.25, 0.3) is 6.08 Å². The van der Waals surface area contributed by atoms with Gasteiger partial charge < -0.3 is 15.4 Å². The van der Waals surface area contributed by atoms with E-state index >= 15 is 0 Å². The Morgan fingerprint density at radius 2 is 1.81 bits per heavy atom. The first-order valence-corrected chi connectivity index (χ1v) is 9.39. The zero-order chi connectivity index (χ0) is 19.8. The fraction of sp³-hybridized carbons (Fsp3) is 0.300. The molecule has 0 unspecified atom stereocenters. The van der Waals surface area contributed by atoms with E-state index in [0.29, 0.717) is 17.9 Å². The van der Waals surface area contributed by atoms with Crippen LogP contribution in [0, 0.1) is 11.6 Å². The summed E-state index contributed by atoms with van der Waals surface area (Å²) in [6.45, 7) is 3.91. The summed E-state index contributed by atoms with van der Waals surface area (Å²) in [5.41, 5.74) is 6.74. The van der Waals surface area contributed by atoms with Gasteiger partial charge in [-0.1, -0.05) is 11.6 Å². The van der Waals surface area contributed by atoms with E-state index in [1.807, 2.05) is 26.2 Å². The van der Waals surface area contributed by atoms with E-state index in [-0.39, 0.29) is 0 Å². The molecule has 0 bridgehead atoms. The molecule has 146 valence electrons. The lowest BCUT2D eigenvalue weighted by Gasteiger charge is -2.11. The van der Waals surface area contributed by atoms with Crippen molar-refractivity contribution in [3.8, 4) is 11.5 Å². The molecule has 2 rings (SSSR count). The van der Waals surface area contributed by atoms with Gasteiger partial charge in [0.1, 0.15) is 5.75 Å². The highest BCUT2D eigenvalue weighted by atomic mass is 32.2. The van der Waals surface area contributed by atoms with Gasteiger partial charge in [0, 0.05) is 24.5 Å². The Labute approximate surface area is 163 Å². The molecule has 0 spiro atoms. The molecule has 2 aromatic carbocycles. The Bertz CT molecular complexity index is 756. The van der Waals surface area contributed by atoms with Gasteiger partial charge in [-0.15, -0.1) is 0 Å². The van der Waals surface area contributed by atoms with Crippen LogP contribution in [0.3, 0.4) is 0 Å². The van der Waals surface area contributed by atoms with Crippen molar-refractivity contribution >= 4 is 18.0 Å². The molecule has 0 saturated carbocycles. The minimum absolute atomic E-state index is 0.329. The predicted octanol–water partition coefficient (Wildman–Crippen LogP) is 4.28. The van der Waals surface area contributed by atoms with Crippen LogP contribution in [0.5, 0.6) is 11.5 Å². The molecule has 0 amide bonds. The molecular formula is C20H25F2N3OS. The molecule has 0 aromatic heterocycles. The van der Waals surface area contributed by atoms with Gasteiger partial charge in [0.05, 0.1) is 0 Å². The summed E-state index contributed by atoms with van der Waals surface area (Å²) in [4.78, 5) is 3.08. The van der Waals surface area contributed by atoms with Crippen molar-refractivity contribution in [2.24, 2.45) is 5.73 Å². The standard InChI is InChI=1S/C20H25F2N3OS/c1-14(13-23)10-15-11-18(21)20(19(22)12-15)26-16-4-6-17(7-5-16)27-24-8-9-25(2)3/h4-7,10-12,24H,8-9,13,23H2,1-3H3/b14-10+. The van der Waals surface area contributed by atoms with Crippen molar-refractivity contribution in [2.45, 2.75) is 11.8 Å². The molecule has 3 N–H and O–H groups in total. The zero-order valence-electron chi connectivity index (χ0n) is 15.8. The van der Waals surface area contributed by atoms with Crippen molar-refractivity contribution in [2.75, 3.05) is 33.7 Å². The lowest BCUT2D eigenvalue weighted by atomic mass is 10.1. The lowest BCUT2D eigenvalue weighted by molar-refractivity contribution is 0.407. The Hall–Kier alpha value is -1.93. The number of hydrogen-bond donors (Lipinski definition) is 2. The second kappa shape index (κ2) is 10.4. The average Bonchev–Trinajstić information content (AvgIpc) is 2.62. The summed E-state index contributed by atoms with van der Waals surface area (Å²) >= 11 is 1.50. The number of benzene rings is 2. The quantitative estimate of drug-likeness (QED) is 0.492. The van der Waals surface area contributed by atoms with E-state index in [1.54, 1.807) is 25.1 Å². The third-order valence-electron chi connectivity index (χ3n) is 3.65. The SMILES string of the molecule is C/C(=C\c1cc(F)c(Oc2ccc(SNCCN(C)C)cc2)c(F)c1)CN. The van der Waals surface area contributed by atoms with E-state index in [4.69, 9.17) is 10.5 Å². The first-order valence-electron chi connectivity index (χ1n) is 8.57. The fourth-order valence-corrected chi connectivity index (χ4v) is 2.83. The Morgan fingerprint density at radius 3 is 2.37 bits per heavy atom. The number of hydrogen-bond acceptors (Lipinski definition) is 5. The van der Waals surface area contributed by atoms with Crippen LogP contribution >= 0.6 is 11.9 Å². The van der Waals surface area contributed by atoms with E-state index < -0.39 is 17.4 Å². The molecule has 0 heterocycles. The highest BCUT2D eigenvalue weighted by molar-refractivity contribution is 7.97. The third kappa shape index (κ3) is 6.95. The van der Waals surface area contributed by atoms with Crippen LogP contribution in [0.4, 0.5) is 8.78 Å². The molecule has 0 radical (unpaired) electrons. The Morgan fingerprint density at radius 1 is 1.19 bits per heavy atom. The maximum atomic E-state index is 14.3. The minimum atomic E-state index is -0.755. The molecule has 27 heavy (non-hydrogen) atoms. The molecule has 4 nitrogen and oxygen atoms in total. The number of halogens is 2. The first kappa shape index (κ1) is 21.4. The number of nitrogens with one attached hydrogen (secondary N) is 1. The Balaban J connectivity index is 2.02. The molecule has 0 aliphatic rings. The van der Waals surface area contributed by atoms with Gasteiger partial charge in [0.15, 0.2) is 17.4 Å². The van der Waals surface area contributed by atoms with Crippen LogP contribution in [0.1, 0.15) is 12.5 Å². The summed E-state index contributed by atoms with van der Waals surface area (Å²) in [6, 6.07) is 9.50. The first-order chi connectivity index (χ1) is 12.9. The van der Waals surface area contributed by atoms with Crippen molar-refractivity contribution in [3.05, 3.63) is 59.2 Å². The highest BCUT2D eigenvalue weighted by Crippen LogP contribution is 2.30.